The smallest absolute Gasteiger partial charge is 0.335 e. The number of aromatic carboxylic acids is 1. The van der Waals surface area contributed by atoms with Crippen LogP contribution in [0.2, 0.25) is 15.1 Å². The second-order valence-corrected chi connectivity index (χ2v) is 5.55. The first-order valence-corrected chi connectivity index (χ1v) is 7.23. The van der Waals surface area contributed by atoms with Crippen LogP contribution in [0.15, 0.2) is 30.3 Å². The number of halogens is 3. The lowest BCUT2D eigenvalue weighted by molar-refractivity contribution is 0.0696. The summed E-state index contributed by atoms with van der Waals surface area (Å²) >= 11 is 17.9. The van der Waals surface area contributed by atoms with Crippen molar-refractivity contribution in [3.05, 3.63) is 56.5 Å². The predicted octanol–water partition coefficient (Wildman–Crippen LogP) is 4.93. The molecule has 0 amide bonds. The second kappa shape index (κ2) is 7.09. The van der Waals surface area contributed by atoms with Gasteiger partial charge in [0.2, 0.25) is 0 Å². The Labute approximate surface area is 142 Å². The molecule has 0 unspecified atom stereocenters. The van der Waals surface area contributed by atoms with E-state index in [4.69, 9.17) is 49.4 Å². The Kier molecular flexibility index (Phi) is 5.40. The molecule has 2 aromatic rings. The van der Waals surface area contributed by atoms with Crippen LogP contribution in [0, 0.1) is 0 Å². The molecule has 0 saturated carbocycles. The van der Waals surface area contributed by atoms with Gasteiger partial charge < -0.3 is 14.6 Å². The largest absolute Gasteiger partial charge is 0.493 e. The van der Waals surface area contributed by atoms with Crippen molar-refractivity contribution < 1.29 is 19.4 Å². The molecule has 0 aliphatic heterocycles. The number of carboxylic acid groups (broad SMARTS) is 1. The summed E-state index contributed by atoms with van der Waals surface area (Å²) < 4.78 is 10.8. The topological polar surface area (TPSA) is 55.8 Å². The summed E-state index contributed by atoms with van der Waals surface area (Å²) in [6.45, 7) is 0.180. The quantitative estimate of drug-likeness (QED) is 0.820. The number of benzene rings is 2. The van der Waals surface area contributed by atoms with E-state index in [1.54, 1.807) is 18.2 Å². The van der Waals surface area contributed by atoms with E-state index in [-0.39, 0.29) is 28.7 Å². The molecule has 0 spiro atoms. The van der Waals surface area contributed by atoms with Gasteiger partial charge in [-0.2, -0.15) is 0 Å². The molecule has 2 rings (SSSR count). The van der Waals surface area contributed by atoms with Gasteiger partial charge >= 0.3 is 5.97 Å². The van der Waals surface area contributed by atoms with Gasteiger partial charge in [-0.3, -0.25) is 0 Å². The summed E-state index contributed by atoms with van der Waals surface area (Å²) in [5, 5.41) is 10.0. The molecule has 22 heavy (non-hydrogen) atoms. The van der Waals surface area contributed by atoms with Gasteiger partial charge in [-0.05, 0) is 29.8 Å². The van der Waals surface area contributed by atoms with E-state index < -0.39 is 5.97 Å². The molecule has 4 nitrogen and oxygen atoms in total. The van der Waals surface area contributed by atoms with Crippen LogP contribution in [0.1, 0.15) is 15.9 Å². The zero-order chi connectivity index (χ0) is 16.3. The zero-order valence-corrected chi connectivity index (χ0v) is 13.7. The Balaban J connectivity index is 2.25. The zero-order valence-electron chi connectivity index (χ0n) is 11.4. The molecule has 0 aromatic heterocycles. The highest BCUT2D eigenvalue weighted by Gasteiger charge is 2.15. The molecule has 2 aromatic carbocycles. The second-order valence-electron chi connectivity index (χ2n) is 4.33. The van der Waals surface area contributed by atoms with Gasteiger partial charge in [0.05, 0.1) is 27.7 Å². The van der Waals surface area contributed by atoms with E-state index in [0.717, 1.165) is 5.56 Å². The lowest BCUT2D eigenvalue weighted by Gasteiger charge is -2.13. The summed E-state index contributed by atoms with van der Waals surface area (Å²) in [5.74, 6) is -0.596. The van der Waals surface area contributed by atoms with E-state index in [2.05, 4.69) is 0 Å². The first kappa shape index (κ1) is 16.7. The molecule has 1 N–H and O–H groups in total. The van der Waals surface area contributed by atoms with Gasteiger partial charge in [-0.25, -0.2) is 4.79 Å². The van der Waals surface area contributed by atoms with Gasteiger partial charge in [0, 0.05) is 0 Å². The summed E-state index contributed by atoms with van der Waals surface area (Å²) in [6.07, 6.45) is 0. The first-order chi connectivity index (χ1) is 10.4. The van der Waals surface area contributed by atoms with Crippen LogP contribution in [0.3, 0.4) is 0 Å². The monoisotopic (exact) mass is 360 g/mol. The molecule has 0 heterocycles. The fourth-order valence-corrected chi connectivity index (χ4v) is 2.35. The molecule has 7 heteroatoms. The minimum Gasteiger partial charge on any atom is -0.493 e. The van der Waals surface area contributed by atoms with Crippen LogP contribution in [-0.4, -0.2) is 18.2 Å². The van der Waals surface area contributed by atoms with E-state index in [1.165, 1.54) is 19.2 Å². The number of rotatable bonds is 5. The summed E-state index contributed by atoms with van der Waals surface area (Å²) in [5.41, 5.74) is 0.804. The molecular formula is C15H11Cl3O4. The van der Waals surface area contributed by atoms with E-state index >= 15 is 0 Å². The predicted molar refractivity (Wildman–Crippen MR) is 85.8 cm³/mol. The molecule has 0 aliphatic carbocycles. The summed E-state index contributed by atoms with van der Waals surface area (Å²) in [4.78, 5) is 11.0. The summed E-state index contributed by atoms with van der Waals surface area (Å²) in [7, 11) is 1.41. The molecular weight excluding hydrogens is 351 g/mol. The Bertz CT molecular complexity index is 716. The molecule has 0 bridgehead atoms. The Morgan fingerprint density at radius 1 is 1.09 bits per heavy atom. The Morgan fingerprint density at radius 3 is 2.41 bits per heavy atom. The van der Waals surface area contributed by atoms with Crippen LogP contribution in [-0.2, 0) is 6.61 Å². The standard InChI is InChI=1S/C15H11Cl3O4/c1-21-13-6-9(15(19)20)5-12(18)14(13)22-7-8-2-3-10(16)11(17)4-8/h2-6H,7H2,1H3,(H,19,20). The lowest BCUT2D eigenvalue weighted by Crippen LogP contribution is -2.02. The molecule has 0 saturated heterocycles. The van der Waals surface area contributed by atoms with Crippen LogP contribution < -0.4 is 9.47 Å². The van der Waals surface area contributed by atoms with Crippen molar-refractivity contribution in [1.82, 2.24) is 0 Å². The van der Waals surface area contributed by atoms with Crippen LogP contribution in [0.5, 0.6) is 11.5 Å². The fourth-order valence-electron chi connectivity index (χ4n) is 1.77. The highest BCUT2D eigenvalue weighted by Crippen LogP contribution is 2.37. The van der Waals surface area contributed by atoms with Gasteiger partial charge in [-0.15, -0.1) is 0 Å². The van der Waals surface area contributed by atoms with Gasteiger partial charge in [-0.1, -0.05) is 40.9 Å². The number of ether oxygens (including phenoxy) is 2. The van der Waals surface area contributed by atoms with Crippen molar-refractivity contribution in [1.29, 1.82) is 0 Å². The maximum Gasteiger partial charge on any atom is 0.335 e. The van der Waals surface area contributed by atoms with Crippen molar-refractivity contribution in [2.45, 2.75) is 6.61 Å². The average Bonchev–Trinajstić information content (AvgIpc) is 2.48. The first-order valence-electron chi connectivity index (χ1n) is 6.10. The Morgan fingerprint density at radius 2 is 1.82 bits per heavy atom. The third kappa shape index (κ3) is 3.77. The van der Waals surface area contributed by atoms with Crippen LogP contribution >= 0.6 is 34.8 Å². The number of methoxy groups -OCH3 is 1. The number of hydrogen-bond donors (Lipinski definition) is 1. The highest BCUT2D eigenvalue weighted by atomic mass is 35.5. The maximum atomic E-state index is 11.0. The third-order valence-electron chi connectivity index (χ3n) is 2.84. The molecule has 0 fully saturated rings. The highest BCUT2D eigenvalue weighted by molar-refractivity contribution is 6.42. The van der Waals surface area contributed by atoms with Crippen molar-refractivity contribution in [3.8, 4) is 11.5 Å². The van der Waals surface area contributed by atoms with Crippen molar-refractivity contribution in [2.75, 3.05) is 7.11 Å². The maximum absolute atomic E-state index is 11.0. The Hall–Kier alpha value is -1.62. The number of carbonyl (C=O) groups is 1. The van der Waals surface area contributed by atoms with E-state index in [1.807, 2.05) is 0 Å². The van der Waals surface area contributed by atoms with Crippen molar-refractivity contribution in [3.63, 3.8) is 0 Å². The SMILES string of the molecule is COc1cc(C(=O)O)cc(Cl)c1OCc1ccc(Cl)c(Cl)c1. The van der Waals surface area contributed by atoms with Crippen molar-refractivity contribution in [2.24, 2.45) is 0 Å². The summed E-state index contributed by atoms with van der Waals surface area (Å²) in [6, 6.07) is 7.75. The van der Waals surface area contributed by atoms with Gasteiger partial charge in [0.25, 0.3) is 0 Å². The number of carboxylic acids is 1. The van der Waals surface area contributed by atoms with Gasteiger partial charge in [0.15, 0.2) is 11.5 Å². The number of hydrogen-bond acceptors (Lipinski definition) is 3. The van der Waals surface area contributed by atoms with E-state index in [9.17, 15) is 4.79 Å². The molecule has 116 valence electrons. The van der Waals surface area contributed by atoms with Gasteiger partial charge in [0.1, 0.15) is 6.61 Å². The minimum absolute atomic E-state index is 0.0173. The molecule has 0 radical (unpaired) electrons. The molecule has 0 atom stereocenters. The average molecular weight is 362 g/mol. The van der Waals surface area contributed by atoms with Crippen LogP contribution in [0.25, 0.3) is 0 Å². The molecule has 0 aliphatic rings. The van der Waals surface area contributed by atoms with E-state index in [0.29, 0.717) is 10.0 Å². The lowest BCUT2D eigenvalue weighted by atomic mass is 10.2. The fraction of sp³-hybridized carbons (Fsp3) is 0.133. The van der Waals surface area contributed by atoms with Crippen molar-refractivity contribution >= 4 is 40.8 Å². The van der Waals surface area contributed by atoms with Crippen LogP contribution in [0.4, 0.5) is 0 Å². The minimum atomic E-state index is -1.10. The normalized spacial score (nSPS) is 10.4. The third-order valence-corrected chi connectivity index (χ3v) is 3.86.